The summed E-state index contributed by atoms with van der Waals surface area (Å²) >= 11 is 0. The normalized spacial score (nSPS) is 17.3. The Hall–Kier alpha value is -4.72. The van der Waals surface area contributed by atoms with Gasteiger partial charge in [0, 0.05) is 52.8 Å². The average molecular weight is 693 g/mol. The highest BCUT2D eigenvalue weighted by atomic mass is 32.2. The van der Waals surface area contributed by atoms with Crippen LogP contribution in [0.1, 0.15) is 68.7 Å². The lowest BCUT2D eigenvalue weighted by molar-refractivity contribution is -0.433. The molecule has 0 radical (unpaired) electrons. The van der Waals surface area contributed by atoms with Gasteiger partial charge in [-0.1, -0.05) is 38.1 Å². The molecule has 11 nitrogen and oxygen atoms in total. The first-order chi connectivity index (χ1) is 22.4. The number of aromatic nitrogens is 1. The fourth-order valence-electron chi connectivity index (χ4n) is 6.39. The standard InChI is InChI=1S/C35H37N3O5S.O3S/c1-7-37-29-12-10-9-11-26(29)34(3,4)31(37)19-14-23(28-17-13-24(22-36-28)33(39)40)15-20-32-35(5,6)27-21-25(44(41,42)43)16-18-30(27)38(32)8-2;1-4(2)3/h9-22H,7-8H2,1-6H3,(H-,39,40,41,42,43);/p+1. The van der Waals surface area contributed by atoms with Gasteiger partial charge in [0.05, 0.1) is 21.6 Å². The number of nitrogens with zero attached hydrogens (tertiary/aromatic N) is 3. The molecule has 48 heavy (non-hydrogen) atoms. The summed E-state index contributed by atoms with van der Waals surface area (Å²) in [7, 11) is -7.47. The fraction of sp³-hybridized carbons (Fsp3) is 0.286. The van der Waals surface area contributed by atoms with Crippen molar-refractivity contribution in [1.82, 2.24) is 4.98 Å². The quantitative estimate of drug-likeness (QED) is 0.169. The van der Waals surface area contributed by atoms with E-state index in [2.05, 4.69) is 65.6 Å². The maximum absolute atomic E-state index is 11.9. The lowest BCUT2D eigenvalue weighted by atomic mass is 9.81. The molecule has 0 bridgehead atoms. The molecule has 252 valence electrons. The second-order valence-electron chi connectivity index (χ2n) is 12.2. The van der Waals surface area contributed by atoms with Crippen LogP contribution in [0.15, 0.2) is 95.7 Å². The summed E-state index contributed by atoms with van der Waals surface area (Å²) in [6.45, 7) is 14.1. The molecular weight excluding hydrogens is 655 g/mol. The maximum Gasteiger partial charge on any atom is 0.425 e. The summed E-state index contributed by atoms with van der Waals surface area (Å²) < 4.78 is 61.2. The lowest BCUT2D eigenvalue weighted by Crippen LogP contribution is -2.27. The Morgan fingerprint density at radius 1 is 0.979 bits per heavy atom. The van der Waals surface area contributed by atoms with Crippen molar-refractivity contribution in [3.8, 4) is 0 Å². The summed E-state index contributed by atoms with van der Waals surface area (Å²) in [5.74, 6) is -1.04. The Bertz CT molecular complexity index is 2110. The van der Waals surface area contributed by atoms with E-state index in [1.54, 1.807) is 24.3 Å². The van der Waals surface area contributed by atoms with Crippen LogP contribution in [0.2, 0.25) is 0 Å². The van der Waals surface area contributed by atoms with Gasteiger partial charge < -0.3 is 10.0 Å². The minimum atomic E-state index is -4.35. The van der Waals surface area contributed by atoms with Gasteiger partial charge >= 0.3 is 16.6 Å². The van der Waals surface area contributed by atoms with Gasteiger partial charge in [0.1, 0.15) is 6.54 Å². The highest BCUT2D eigenvalue weighted by Crippen LogP contribution is 2.48. The second kappa shape index (κ2) is 13.8. The van der Waals surface area contributed by atoms with Crippen LogP contribution in [0.4, 0.5) is 11.4 Å². The zero-order chi connectivity index (χ0) is 35.6. The first-order valence-corrected chi connectivity index (χ1v) is 17.6. The number of allylic oxidation sites excluding steroid dienone is 6. The van der Waals surface area contributed by atoms with E-state index in [0.29, 0.717) is 12.2 Å². The number of rotatable bonds is 8. The van der Waals surface area contributed by atoms with Crippen molar-refractivity contribution in [3.05, 3.63) is 113 Å². The molecule has 2 aliphatic heterocycles. The Morgan fingerprint density at radius 2 is 1.65 bits per heavy atom. The SMILES string of the molecule is CCN1/C(=C/C=C(/C=C/C2=[N+](CC)c3ccccc3C2(C)C)c2ccc(C(=O)O)cn2)C(C)(C)c2cc(S(=O)(=O)O)ccc21.O=S(=O)=O. The van der Waals surface area contributed by atoms with E-state index < -0.39 is 32.1 Å². The zero-order valence-electron chi connectivity index (χ0n) is 27.5. The van der Waals surface area contributed by atoms with Crippen molar-refractivity contribution in [3.63, 3.8) is 0 Å². The number of aromatic carboxylic acids is 1. The maximum atomic E-state index is 11.9. The van der Waals surface area contributed by atoms with Crippen molar-refractivity contribution in [1.29, 1.82) is 0 Å². The number of hydrogen-bond acceptors (Lipinski definition) is 8. The molecule has 2 aliphatic rings. The minimum Gasteiger partial charge on any atom is -0.478 e. The van der Waals surface area contributed by atoms with Gasteiger partial charge in [0.2, 0.25) is 5.69 Å². The van der Waals surface area contributed by atoms with Gasteiger partial charge in [-0.05, 0) is 75.7 Å². The molecule has 5 rings (SSSR count). The summed E-state index contributed by atoms with van der Waals surface area (Å²) in [6, 6.07) is 16.4. The Balaban J connectivity index is 0.00000123. The number of pyridine rings is 1. The predicted molar refractivity (Wildman–Crippen MR) is 183 cm³/mol. The van der Waals surface area contributed by atoms with Crippen LogP contribution in [0.5, 0.6) is 0 Å². The summed E-state index contributed by atoms with van der Waals surface area (Å²) in [6.07, 6.45) is 9.48. The van der Waals surface area contributed by atoms with E-state index in [1.165, 1.54) is 23.5 Å². The lowest BCUT2D eigenvalue weighted by Gasteiger charge is -2.26. The van der Waals surface area contributed by atoms with Gasteiger partial charge in [0.25, 0.3) is 10.1 Å². The van der Waals surface area contributed by atoms with Crippen LogP contribution in [-0.2, 0) is 31.6 Å². The van der Waals surface area contributed by atoms with Gasteiger partial charge in [-0.3, -0.25) is 9.54 Å². The number of carbonyl (C=O) groups is 1. The van der Waals surface area contributed by atoms with Gasteiger partial charge in [-0.15, -0.1) is 12.6 Å². The van der Waals surface area contributed by atoms with Crippen molar-refractivity contribution in [2.75, 3.05) is 18.0 Å². The van der Waals surface area contributed by atoms with Crippen molar-refractivity contribution >= 4 is 49.4 Å². The van der Waals surface area contributed by atoms with Crippen LogP contribution in [0.25, 0.3) is 5.57 Å². The number of benzene rings is 2. The molecule has 3 heterocycles. The first kappa shape index (κ1) is 36.1. The Morgan fingerprint density at radius 3 is 2.21 bits per heavy atom. The largest absolute Gasteiger partial charge is 0.478 e. The fourth-order valence-corrected chi connectivity index (χ4v) is 6.90. The molecule has 0 saturated heterocycles. The Labute approximate surface area is 282 Å². The third-order valence-electron chi connectivity index (χ3n) is 8.74. The molecule has 1 aromatic heterocycles. The summed E-state index contributed by atoms with van der Waals surface area (Å²) in [5, 5.41) is 9.43. The topological polar surface area (TPSA) is 162 Å². The zero-order valence-corrected chi connectivity index (χ0v) is 29.1. The number of hydrogen-bond donors (Lipinski definition) is 2. The van der Waals surface area contributed by atoms with Gasteiger partial charge in [-0.2, -0.15) is 13.0 Å². The number of fused-ring (bicyclic) bond motifs is 2. The van der Waals surface area contributed by atoms with Crippen LogP contribution in [0.3, 0.4) is 0 Å². The molecule has 0 fully saturated rings. The molecule has 2 aromatic carbocycles. The van der Waals surface area contributed by atoms with Crippen LogP contribution < -0.4 is 4.90 Å². The van der Waals surface area contributed by atoms with E-state index >= 15 is 0 Å². The van der Waals surface area contributed by atoms with Crippen molar-refractivity contribution in [2.24, 2.45) is 0 Å². The average Bonchev–Trinajstić information content (AvgIpc) is 3.38. The predicted octanol–water partition coefficient (Wildman–Crippen LogP) is 5.76. The van der Waals surface area contributed by atoms with E-state index in [-0.39, 0.29) is 15.9 Å². The van der Waals surface area contributed by atoms with Crippen molar-refractivity contribution < 1.29 is 40.1 Å². The smallest absolute Gasteiger partial charge is 0.425 e. The van der Waals surface area contributed by atoms with Crippen LogP contribution in [-0.4, -0.2) is 65.0 Å². The van der Waals surface area contributed by atoms with E-state index in [0.717, 1.165) is 34.8 Å². The number of carboxylic acids is 1. The molecular formula is C35H38N3O8S2+. The number of anilines is 1. The molecule has 0 atom stereocenters. The van der Waals surface area contributed by atoms with Crippen LogP contribution in [0, 0.1) is 0 Å². The molecule has 13 heteroatoms. The third kappa shape index (κ3) is 7.08. The van der Waals surface area contributed by atoms with E-state index in [1.807, 2.05) is 39.0 Å². The highest BCUT2D eigenvalue weighted by Gasteiger charge is 2.43. The molecule has 2 N–H and O–H groups in total. The first-order valence-electron chi connectivity index (χ1n) is 15.2. The van der Waals surface area contributed by atoms with E-state index in [4.69, 9.17) is 12.6 Å². The van der Waals surface area contributed by atoms with Crippen molar-refractivity contribution in [2.45, 2.75) is 57.3 Å². The second-order valence-corrected chi connectivity index (χ2v) is 14.1. The molecule has 0 unspecified atom stereocenters. The highest BCUT2D eigenvalue weighted by molar-refractivity contribution is 7.85. The molecule has 0 saturated carbocycles. The number of carboxylic acid groups (broad SMARTS) is 1. The third-order valence-corrected chi connectivity index (χ3v) is 9.59. The molecule has 0 aliphatic carbocycles. The Kier molecular flexibility index (Phi) is 10.4. The summed E-state index contributed by atoms with van der Waals surface area (Å²) in [4.78, 5) is 18.0. The number of para-hydroxylation sites is 1. The minimum absolute atomic E-state index is 0.105. The van der Waals surface area contributed by atoms with Gasteiger partial charge in [-0.25, -0.2) is 4.79 Å². The van der Waals surface area contributed by atoms with Crippen LogP contribution >= 0.6 is 0 Å². The molecule has 0 amide bonds. The van der Waals surface area contributed by atoms with E-state index in [9.17, 15) is 22.9 Å². The van der Waals surface area contributed by atoms with Gasteiger partial charge in [0.15, 0.2) is 5.71 Å². The molecule has 0 spiro atoms. The molecule has 3 aromatic rings. The number of likely N-dealkylation sites (N-methyl/N-ethyl adjacent to an activating group) is 1. The monoisotopic (exact) mass is 692 g/mol. The summed E-state index contributed by atoms with van der Waals surface area (Å²) in [5.41, 5.74) is 6.92.